The molecule has 0 aliphatic rings. The second-order valence-corrected chi connectivity index (χ2v) is 6.17. The first-order valence-corrected chi connectivity index (χ1v) is 8.37. The van der Waals surface area contributed by atoms with Crippen LogP contribution in [0.4, 0.5) is 11.4 Å². The molecule has 0 atom stereocenters. The van der Waals surface area contributed by atoms with E-state index >= 15 is 0 Å². The number of aromatic nitrogens is 1. The Labute approximate surface area is 160 Å². The minimum Gasteiger partial charge on any atom is -0.322 e. The lowest BCUT2D eigenvalue weighted by molar-refractivity contribution is 0.102. The number of pyridine rings is 1. The van der Waals surface area contributed by atoms with Gasteiger partial charge in [-0.3, -0.25) is 14.6 Å². The predicted octanol–water partition coefficient (Wildman–Crippen LogP) is 4.89. The topological polar surface area (TPSA) is 71.1 Å². The van der Waals surface area contributed by atoms with Crippen LogP contribution >= 0.6 is 23.2 Å². The lowest BCUT2D eigenvalue weighted by Crippen LogP contribution is -2.17. The second-order valence-electron chi connectivity index (χ2n) is 5.33. The van der Waals surface area contributed by atoms with Gasteiger partial charge in [-0.25, -0.2) is 0 Å². The van der Waals surface area contributed by atoms with Crippen molar-refractivity contribution in [3.05, 3.63) is 88.2 Å². The van der Waals surface area contributed by atoms with Crippen LogP contribution in [-0.4, -0.2) is 16.8 Å². The fourth-order valence-electron chi connectivity index (χ4n) is 2.21. The van der Waals surface area contributed by atoms with Crippen LogP contribution in [0.1, 0.15) is 20.8 Å². The van der Waals surface area contributed by atoms with Gasteiger partial charge in [-0.15, -0.1) is 0 Å². The fraction of sp³-hybridized carbons (Fsp3) is 0. The highest BCUT2D eigenvalue weighted by Crippen LogP contribution is 2.21. The first-order valence-electron chi connectivity index (χ1n) is 7.62. The molecule has 26 heavy (non-hydrogen) atoms. The minimum atomic E-state index is -0.462. The standard InChI is InChI=1S/C19H13Cl2N3O2/c20-13-4-3-5-14(11-13)23-18(25)12-8-9-22-17(10-12)19(26)24-16-7-2-1-6-15(16)21/h1-11H,(H,23,25)(H,24,26). The molecule has 0 spiro atoms. The van der Waals surface area contributed by atoms with Crippen LogP contribution in [0.2, 0.25) is 10.0 Å². The SMILES string of the molecule is O=C(Nc1cccc(Cl)c1)c1ccnc(C(=O)Nc2ccccc2Cl)c1. The Morgan fingerprint density at radius 3 is 2.42 bits per heavy atom. The summed E-state index contributed by atoms with van der Waals surface area (Å²) in [6.45, 7) is 0. The van der Waals surface area contributed by atoms with Crippen LogP contribution < -0.4 is 10.6 Å². The molecule has 2 amide bonds. The Morgan fingerprint density at radius 2 is 1.65 bits per heavy atom. The van der Waals surface area contributed by atoms with Crippen molar-refractivity contribution >= 4 is 46.4 Å². The zero-order valence-electron chi connectivity index (χ0n) is 13.4. The predicted molar refractivity (Wildman–Crippen MR) is 103 cm³/mol. The number of benzene rings is 2. The number of rotatable bonds is 4. The van der Waals surface area contributed by atoms with E-state index in [0.29, 0.717) is 27.0 Å². The van der Waals surface area contributed by atoms with Gasteiger partial charge in [0.15, 0.2) is 0 Å². The molecule has 1 aromatic heterocycles. The first-order chi connectivity index (χ1) is 12.5. The molecular formula is C19H13Cl2N3O2. The summed E-state index contributed by atoms with van der Waals surface area (Å²) in [4.78, 5) is 28.8. The Kier molecular flexibility index (Phi) is 5.51. The van der Waals surface area contributed by atoms with Crippen LogP contribution in [0.5, 0.6) is 0 Å². The molecule has 1 heterocycles. The number of nitrogens with zero attached hydrogens (tertiary/aromatic N) is 1. The van der Waals surface area contributed by atoms with Gasteiger partial charge in [0.25, 0.3) is 11.8 Å². The number of carbonyl (C=O) groups excluding carboxylic acids is 2. The number of para-hydroxylation sites is 1. The molecule has 0 radical (unpaired) electrons. The van der Waals surface area contributed by atoms with Crippen molar-refractivity contribution in [1.29, 1.82) is 0 Å². The molecule has 0 saturated carbocycles. The molecule has 2 aromatic carbocycles. The lowest BCUT2D eigenvalue weighted by atomic mass is 10.2. The van der Waals surface area contributed by atoms with E-state index in [2.05, 4.69) is 15.6 Å². The Morgan fingerprint density at radius 1 is 0.846 bits per heavy atom. The van der Waals surface area contributed by atoms with Crippen LogP contribution in [0.25, 0.3) is 0 Å². The highest BCUT2D eigenvalue weighted by Gasteiger charge is 2.13. The molecule has 0 fully saturated rings. The number of carbonyl (C=O) groups is 2. The van der Waals surface area contributed by atoms with E-state index in [4.69, 9.17) is 23.2 Å². The monoisotopic (exact) mass is 385 g/mol. The summed E-state index contributed by atoms with van der Waals surface area (Å²) in [5.74, 6) is -0.836. The summed E-state index contributed by atoms with van der Waals surface area (Å²) < 4.78 is 0. The molecule has 0 aliphatic carbocycles. The van der Waals surface area contributed by atoms with E-state index in [-0.39, 0.29) is 11.6 Å². The number of hydrogen-bond donors (Lipinski definition) is 2. The van der Waals surface area contributed by atoms with Gasteiger partial charge in [-0.2, -0.15) is 0 Å². The van der Waals surface area contributed by atoms with Crippen molar-refractivity contribution in [2.24, 2.45) is 0 Å². The van der Waals surface area contributed by atoms with E-state index in [1.165, 1.54) is 18.3 Å². The molecule has 2 N–H and O–H groups in total. The van der Waals surface area contributed by atoms with Gasteiger partial charge in [-0.05, 0) is 42.5 Å². The van der Waals surface area contributed by atoms with Gasteiger partial charge >= 0.3 is 0 Å². The highest BCUT2D eigenvalue weighted by atomic mass is 35.5. The fourth-order valence-corrected chi connectivity index (χ4v) is 2.59. The summed E-state index contributed by atoms with van der Waals surface area (Å²) in [5.41, 5.74) is 1.42. The molecule has 0 unspecified atom stereocenters. The van der Waals surface area contributed by atoms with Gasteiger partial charge < -0.3 is 10.6 Å². The molecule has 7 heteroatoms. The third-order valence-electron chi connectivity index (χ3n) is 3.46. The molecule has 0 aliphatic heterocycles. The van der Waals surface area contributed by atoms with Gasteiger partial charge in [-0.1, -0.05) is 41.4 Å². The Balaban J connectivity index is 1.76. The van der Waals surface area contributed by atoms with E-state index in [1.807, 2.05) is 0 Å². The quantitative estimate of drug-likeness (QED) is 0.671. The summed E-state index contributed by atoms with van der Waals surface area (Å²) in [5, 5.41) is 6.31. The number of amides is 2. The number of hydrogen-bond acceptors (Lipinski definition) is 3. The summed E-state index contributed by atoms with van der Waals surface area (Å²) in [6.07, 6.45) is 1.40. The average Bonchev–Trinajstić information content (AvgIpc) is 2.63. The van der Waals surface area contributed by atoms with E-state index in [9.17, 15) is 9.59 Å². The maximum atomic E-state index is 12.4. The van der Waals surface area contributed by atoms with Gasteiger partial charge in [0, 0.05) is 22.5 Å². The van der Waals surface area contributed by atoms with Crippen LogP contribution in [-0.2, 0) is 0 Å². The minimum absolute atomic E-state index is 0.101. The molecule has 3 rings (SSSR count). The van der Waals surface area contributed by atoms with E-state index < -0.39 is 5.91 Å². The third kappa shape index (κ3) is 4.39. The summed E-state index contributed by atoms with van der Waals surface area (Å²) in [7, 11) is 0. The largest absolute Gasteiger partial charge is 0.322 e. The zero-order chi connectivity index (χ0) is 18.5. The van der Waals surface area contributed by atoms with Gasteiger partial charge in [0.1, 0.15) is 5.69 Å². The van der Waals surface area contributed by atoms with Crippen LogP contribution in [0, 0.1) is 0 Å². The normalized spacial score (nSPS) is 10.2. The number of anilines is 2. The second kappa shape index (κ2) is 7.99. The lowest BCUT2D eigenvalue weighted by Gasteiger charge is -2.08. The van der Waals surface area contributed by atoms with Crippen molar-refractivity contribution in [3.63, 3.8) is 0 Å². The van der Waals surface area contributed by atoms with Crippen molar-refractivity contribution in [1.82, 2.24) is 4.98 Å². The van der Waals surface area contributed by atoms with Crippen molar-refractivity contribution < 1.29 is 9.59 Å². The average molecular weight is 386 g/mol. The third-order valence-corrected chi connectivity index (χ3v) is 4.02. The molecule has 0 bridgehead atoms. The van der Waals surface area contributed by atoms with E-state index in [1.54, 1.807) is 48.5 Å². The van der Waals surface area contributed by atoms with Crippen molar-refractivity contribution in [2.45, 2.75) is 0 Å². The summed E-state index contributed by atoms with van der Waals surface area (Å²) in [6, 6.07) is 16.6. The zero-order valence-corrected chi connectivity index (χ0v) is 14.9. The Bertz CT molecular complexity index is 976. The number of halogens is 2. The smallest absolute Gasteiger partial charge is 0.274 e. The maximum Gasteiger partial charge on any atom is 0.274 e. The number of nitrogens with one attached hydrogen (secondary N) is 2. The molecular weight excluding hydrogens is 373 g/mol. The molecule has 3 aromatic rings. The molecule has 130 valence electrons. The van der Waals surface area contributed by atoms with E-state index in [0.717, 1.165) is 0 Å². The van der Waals surface area contributed by atoms with Crippen LogP contribution in [0.15, 0.2) is 66.9 Å². The van der Waals surface area contributed by atoms with Crippen LogP contribution in [0.3, 0.4) is 0 Å². The van der Waals surface area contributed by atoms with Crippen molar-refractivity contribution in [3.8, 4) is 0 Å². The highest BCUT2D eigenvalue weighted by molar-refractivity contribution is 6.34. The molecule has 0 saturated heterocycles. The summed E-state index contributed by atoms with van der Waals surface area (Å²) >= 11 is 11.9. The maximum absolute atomic E-state index is 12.4. The van der Waals surface area contributed by atoms with Gasteiger partial charge in [0.2, 0.25) is 0 Å². The van der Waals surface area contributed by atoms with Crippen molar-refractivity contribution in [2.75, 3.05) is 10.6 Å². The molecule has 5 nitrogen and oxygen atoms in total. The first kappa shape index (κ1) is 17.9. The van der Waals surface area contributed by atoms with Gasteiger partial charge in [0.05, 0.1) is 10.7 Å². The Hall–Kier alpha value is -2.89.